The molecular formula is C22H26N2O4S2. The lowest BCUT2D eigenvalue weighted by Gasteiger charge is -2.21. The smallest absolute Gasteiger partial charge is 0.267 e. The Balaban J connectivity index is 1.96. The molecule has 1 amide bonds. The highest BCUT2D eigenvalue weighted by Gasteiger charge is 2.26. The predicted octanol–water partition coefficient (Wildman–Crippen LogP) is 4.57. The maximum atomic E-state index is 13.3. The number of nitrogens with one attached hydrogen (secondary N) is 1. The monoisotopic (exact) mass is 446 g/mol. The number of aryl methyl sites for hydroxylation is 1. The van der Waals surface area contributed by atoms with Crippen molar-refractivity contribution in [3.63, 3.8) is 0 Å². The Hall–Kier alpha value is -2.58. The second-order valence-electron chi connectivity index (χ2n) is 7.24. The van der Waals surface area contributed by atoms with Crippen molar-refractivity contribution in [2.24, 2.45) is 0 Å². The Bertz CT molecular complexity index is 1190. The van der Waals surface area contributed by atoms with E-state index in [4.69, 9.17) is 4.74 Å². The minimum Gasteiger partial charge on any atom is -0.495 e. The van der Waals surface area contributed by atoms with Gasteiger partial charge in [-0.2, -0.15) is 0 Å². The number of sulfonamides is 1. The van der Waals surface area contributed by atoms with Gasteiger partial charge >= 0.3 is 0 Å². The molecule has 0 fully saturated rings. The number of benzene rings is 2. The number of hydrogen-bond acceptors (Lipinski definition) is 5. The van der Waals surface area contributed by atoms with Crippen LogP contribution in [0.1, 0.15) is 35.5 Å². The lowest BCUT2D eigenvalue weighted by atomic mass is 10.2. The summed E-state index contributed by atoms with van der Waals surface area (Å²) in [5.41, 5.74) is 1.34. The van der Waals surface area contributed by atoms with Crippen molar-refractivity contribution < 1.29 is 17.9 Å². The summed E-state index contributed by atoms with van der Waals surface area (Å²) >= 11 is 1.39. The molecule has 2 aromatic carbocycles. The van der Waals surface area contributed by atoms with Crippen LogP contribution in [0.25, 0.3) is 10.1 Å². The first-order valence-corrected chi connectivity index (χ1v) is 11.9. The van der Waals surface area contributed by atoms with E-state index in [9.17, 15) is 13.2 Å². The number of anilines is 1. The molecule has 1 aromatic heterocycles. The van der Waals surface area contributed by atoms with E-state index in [0.717, 1.165) is 22.1 Å². The molecule has 8 heteroatoms. The molecule has 0 aliphatic rings. The highest BCUT2D eigenvalue weighted by Crippen LogP contribution is 2.33. The number of thiophene rings is 1. The van der Waals surface area contributed by atoms with Crippen molar-refractivity contribution in [3.05, 3.63) is 52.9 Å². The maximum absolute atomic E-state index is 13.3. The first kappa shape index (κ1) is 22.1. The van der Waals surface area contributed by atoms with Gasteiger partial charge in [-0.1, -0.05) is 13.0 Å². The van der Waals surface area contributed by atoms with Gasteiger partial charge in [0, 0.05) is 17.8 Å². The molecule has 3 rings (SSSR count). The number of ether oxygens (including phenoxy) is 1. The molecule has 0 saturated carbocycles. The van der Waals surface area contributed by atoms with Crippen LogP contribution in [0, 0.1) is 6.92 Å². The standard InChI is InChI=1S/C22H26N2O4S2/c1-6-15(3)23-22(25)20-13-16-12-17(8-10-19(16)29-20)24(4)30(26,27)21-11-14(2)7-9-18(21)28-5/h7-13,15H,6H2,1-5H3,(H,23,25)/t15-/m1/s1. The third-order valence-corrected chi connectivity index (χ3v) is 7.96. The van der Waals surface area contributed by atoms with Crippen LogP contribution in [0.15, 0.2) is 47.4 Å². The summed E-state index contributed by atoms with van der Waals surface area (Å²) in [6.45, 7) is 5.81. The van der Waals surface area contributed by atoms with E-state index in [2.05, 4.69) is 5.32 Å². The zero-order chi connectivity index (χ0) is 22.1. The lowest BCUT2D eigenvalue weighted by Crippen LogP contribution is -2.31. The van der Waals surface area contributed by atoms with Gasteiger partial charge in [-0.05, 0) is 67.6 Å². The molecule has 0 spiro atoms. The Morgan fingerprint density at radius 1 is 1.20 bits per heavy atom. The van der Waals surface area contributed by atoms with E-state index < -0.39 is 10.0 Å². The van der Waals surface area contributed by atoms with Crippen LogP contribution >= 0.6 is 11.3 Å². The van der Waals surface area contributed by atoms with Gasteiger partial charge in [0.05, 0.1) is 17.7 Å². The molecule has 0 saturated heterocycles. The summed E-state index contributed by atoms with van der Waals surface area (Å²) in [6.07, 6.45) is 0.853. The first-order valence-electron chi connectivity index (χ1n) is 9.65. The molecular weight excluding hydrogens is 420 g/mol. The van der Waals surface area contributed by atoms with Crippen molar-refractivity contribution in [2.75, 3.05) is 18.5 Å². The predicted molar refractivity (Wildman–Crippen MR) is 122 cm³/mol. The number of hydrogen-bond donors (Lipinski definition) is 1. The van der Waals surface area contributed by atoms with E-state index >= 15 is 0 Å². The van der Waals surface area contributed by atoms with Crippen LogP contribution in [0.5, 0.6) is 5.75 Å². The first-order chi connectivity index (χ1) is 14.2. The Kier molecular flexibility index (Phi) is 6.38. The van der Waals surface area contributed by atoms with Crippen LogP contribution in [0.2, 0.25) is 0 Å². The van der Waals surface area contributed by atoms with E-state index in [1.165, 1.54) is 29.8 Å². The number of carbonyl (C=O) groups is 1. The largest absolute Gasteiger partial charge is 0.495 e. The lowest BCUT2D eigenvalue weighted by molar-refractivity contribution is 0.0943. The van der Waals surface area contributed by atoms with Crippen LogP contribution in [-0.2, 0) is 10.0 Å². The molecule has 1 N–H and O–H groups in total. The Morgan fingerprint density at radius 2 is 1.93 bits per heavy atom. The van der Waals surface area contributed by atoms with Gasteiger partial charge < -0.3 is 10.1 Å². The SMILES string of the molecule is CC[C@@H](C)NC(=O)c1cc2cc(N(C)S(=O)(=O)c3cc(C)ccc3OC)ccc2s1. The highest BCUT2D eigenvalue weighted by atomic mass is 32.2. The average Bonchev–Trinajstić information content (AvgIpc) is 3.16. The number of methoxy groups -OCH3 is 1. The summed E-state index contributed by atoms with van der Waals surface area (Å²) in [4.78, 5) is 13.2. The van der Waals surface area contributed by atoms with E-state index in [-0.39, 0.29) is 16.8 Å². The normalized spacial score (nSPS) is 12.6. The quantitative estimate of drug-likeness (QED) is 0.577. The van der Waals surface area contributed by atoms with Gasteiger partial charge in [-0.25, -0.2) is 8.42 Å². The number of amides is 1. The minimum atomic E-state index is -3.82. The molecule has 1 heterocycles. The summed E-state index contributed by atoms with van der Waals surface area (Å²) in [6, 6.07) is 12.3. The second kappa shape index (κ2) is 8.65. The second-order valence-corrected chi connectivity index (χ2v) is 10.3. The summed E-state index contributed by atoms with van der Waals surface area (Å²) in [5.74, 6) is 0.186. The molecule has 30 heavy (non-hydrogen) atoms. The number of nitrogens with zero attached hydrogens (tertiary/aromatic N) is 1. The van der Waals surface area contributed by atoms with Crippen molar-refractivity contribution >= 4 is 43.0 Å². The molecule has 0 unspecified atom stereocenters. The van der Waals surface area contributed by atoms with Gasteiger partial charge in [0.2, 0.25) is 0 Å². The third-order valence-electron chi connectivity index (χ3n) is 5.03. The Morgan fingerprint density at radius 3 is 2.60 bits per heavy atom. The fraction of sp³-hybridized carbons (Fsp3) is 0.318. The van der Waals surface area contributed by atoms with Gasteiger partial charge in [0.15, 0.2) is 0 Å². The molecule has 3 aromatic rings. The van der Waals surface area contributed by atoms with Gasteiger partial charge in [-0.15, -0.1) is 11.3 Å². The van der Waals surface area contributed by atoms with Crippen LogP contribution in [0.3, 0.4) is 0 Å². The molecule has 0 bridgehead atoms. The van der Waals surface area contributed by atoms with E-state index in [0.29, 0.717) is 16.3 Å². The van der Waals surface area contributed by atoms with Crippen LogP contribution in [-0.4, -0.2) is 34.5 Å². The van der Waals surface area contributed by atoms with Crippen molar-refractivity contribution in [3.8, 4) is 5.75 Å². The van der Waals surface area contributed by atoms with Crippen LogP contribution in [0.4, 0.5) is 5.69 Å². The van der Waals surface area contributed by atoms with Crippen molar-refractivity contribution in [1.29, 1.82) is 0 Å². The average molecular weight is 447 g/mol. The summed E-state index contributed by atoms with van der Waals surface area (Å²) in [7, 11) is -0.856. The van der Waals surface area contributed by atoms with E-state index in [1.54, 1.807) is 36.4 Å². The van der Waals surface area contributed by atoms with Crippen molar-refractivity contribution in [1.82, 2.24) is 5.32 Å². The van der Waals surface area contributed by atoms with Crippen molar-refractivity contribution in [2.45, 2.75) is 38.1 Å². The molecule has 160 valence electrons. The molecule has 0 radical (unpaired) electrons. The molecule has 1 atom stereocenters. The maximum Gasteiger partial charge on any atom is 0.267 e. The zero-order valence-corrected chi connectivity index (χ0v) is 19.4. The molecule has 6 nitrogen and oxygen atoms in total. The number of carbonyl (C=O) groups excluding carboxylic acids is 1. The molecule has 0 aliphatic heterocycles. The fourth-order valence-corrected chi connectivity index (χ4v) is 5.38. The zero-order valence-electron chi connectivity index (χ0n) is 17.7. The van der Waals surface area contributed by atoms with Gasteiger partial charge in [0.25, 0.3) is 15.9 Å². The number of rotatable bonds is 7. The highest BCUT2D eigenvalue weighted by molar-refractivity contribution is 7.93. The van der Waals surface area contributed by atoms with Gasteiger partial charge in [0.1, 0.15) is 10.6 Å². The fourth-order valence-electron chi connectivity index (χ4n) is 3.01. The topological polar surface area (TPSA) is 75.7 Å². The number of fused-ring (bicyclic) bond motifs is 1. The minimum absolute atomic E-state index is 0.0962. The van der Waals surface area contributed by atoms with Crippen LogP contribution < -0.4 is 14.4 Å². The summed E-state index contributed by atoms with van der Waals surface area (Å²) in [5, 5.41) is 3.78. The third kappa shape index (κ3) is 4.29. The Labute approximate surface area is 181 Å². The van der Waals surface area contributed by atoms with E-state index in [1.807, 2.05) is 26.8 Å². The summed E-state index contributed by atoms with van der Waals surface area (Å²) < 4.78 is 33.9. The molecule has 0 aliphatic carbocycles. The van der Waals surface area contributed by atoms with Gasteiger partial charge in [-0.3, -0.25) is 9.10 Å².